The van der Waals surface area contributed by atoms with Crippen LogP contribution in [0.15, 0.2) is 60.0 Å². The monoisotopic (exact) mass is 476 g/mol. The molecule has 0 unspecified atom stereocenters. The molecule has 1 aromatic carbocycles. The molecular weight excluding hydrogens is 452 g/mol. The van der Waals surface area contributed by atoms with E-state index in [1.165, 1.54) is 31.2 Å². The van der Waals surface area contributed by atoms with Crippen molar-refractivity contribution in [2.75, 3.05) is 24.7 Å². The molecular formula is C24H24N6O3S. The molecule has 0 radical (unpaired) electrons. The average molecular weight is 477 g/mol. The van der Waals surface area contributed by atoms with E-state index in [9.17, 15) is 13.2 Å². The van der Waals surface area contributed by atoms with Crippen LogP contribution in [0.5, 0.6) is 0 Å². The lowest BCUT2D eigenvalue weighted by atomic mass is 10.0. The summed E-state index contributed by atoms with van der Waals surface area (Å²) in [6, 6.07) is 10.8. The second kappa shape index (κ2) is 8.96. The van der Waals surface area contributed by atoms with Crippen molar-refractivity contribution < 1.29 is 13.2 Å². The van der Waals surface area contributed by atoms with Crippen molar-refractivity contribution in [2.24, 2.45) is 0 Å². The fraction of sp³-hybridized carbons (Fsp3) is 0.250. The molecule has 1 aliphatic rings. The smallest absolute Gasteiger partial charge is 0.276 e. The van der Waals surface area contributed by atoms with Gasteiger partial charge in [0.05, 0.1) is 17.4 Å². The van der Waals surface area contributed by atoms with Crippen LogP contribution in [0, 0.1) is 0 Å². The molecule has 0 aliphatic carbocycles. The van der Waals surface area contributed by atoms with Gasteiger partial charge in [-0.15, -0.1) is 0 Å². The molecule has 174 valence electrons. The Morgan fingerprint density at radius 2 is 1.88 bits per heavy atom. The van der Waals surface area contributed by atoms with Gasteiger partial charge < -0.3 is 5.32 Å². The van der Waals surface area contributed by atoms with Gasteiger partial charge in [-0.2, -0.15) is 5.10 Å². The third-order valence-electron chi connectivity index (χ3n) is 5.89. The Hall–Kier alpha value is -3.63. The molecule has 34 heavy (non-hydrogen) atoms. The lowest BCUT2D eigenvalue weighted by molar-refractivity contribution is 0.102. The number of anilines is 1. The van der Waals surface area contributed by atoms with Crippen molar-refractivity contribution in [3.05, 3.63) is 66.2 Å². The van der Waals surface area contributed by atoms with Crippen molar-refractivity contribution >= 4 is 32.3 Å². The van der Waals surface area contributed by atoms with E-state index in [0.29, 0.717) is 11.1 Å². The van der Waals surface area contributed by atoms with Gasteiger partial charge in [0.15, 0.2) is 20.6 Å². The third-order valence-corrected chi connectivity index (χ3v) is 6.89. The molecule has 4 heterocycles. The van der Waals surface area contributed by atoms with Crippen LogP contribution in [-0.4, -0.2) is 58.7 Å². The molecule has 9 nitrogen and oxygen atoms in total. The predicted molar refractivity (Wildman–Crippen MR) is 129 cm³/mol. The van der Waals surface area contributed by atoms with Crippen molar-refractivity contribution in [2.45, 2.75) is 24.4 Å². The summed E-state index contributed by atoms with van der Waals surface area (Å²) in [6.45, 7) is 3.13. The SMILES string of the molecule is CS(=O)(=O)c1ccc(NC(=O)c2n[nH]c3ccc(-c4cncc(CN5CCCC5)c4)cc23)cn1. The number of rotatable bonds is 6. The number of carbonyl (C=O) groups is 1. The van der Waals surface area contributed by atoms with Crippen LogP contribution in [0.4, 0.5) is 5.69 Å². The Balaban J connectivity index is 1.39. The second-order valence-electron chi connectivity index (χ2n) is 8.51. The van der Waals surface area contributed by atoms with Gasteiger partial charge in [-0.25, -0.2) is 13.4 Å². The zero-order valence-electron chi connectivity index (χ0n) is 18.7. The normalized spacial score (nSPS) is 14.5. The number of aromatic amines is 1. The van der Waals surface area contributed by atoms with Crippen LogP contribution >= 0.6 is 0 Å². The van der Waals surface area contributed by atoms with Gasteiger partial charge in [0, 0.05) is 36.1 Å². The summed E-state index contributed by atoms with van der Waals surface area (Å²) in [5, 5.41) is 10.4. The van der Waals surface area contributed by atoms with E-state index >= 15 is 0 Å². The van der Waals surface area contributed by atoms with Crippen LogP contribution in [0.3, 0.4) is 0 Å². The molecule has 0 bridgehead atoms. The van der Waals surface area contributed by atoms with E-state index in [-0.39, 0.29) is 10.7 Å². The fourth-order valence-corrected chi connectivity index (χ4v) is 4.72. The summed E-state index contributed by atoms with van der Waals surface area (Å²) in [5.74, 6) is -0.418. The molecule has 2 N–H and O–H groups in total. The fourth-order valence-electron chi connectivity index (χ4n) is 4.16. The van der Waals surface area contributed by atoms with Crippen LogP contribution in [-0.2, 0) is 16.4 Å². The van der Waals surface area contributed by atoms with Crippen LogP contribution in [0.25, 0.3) is 22.0 Å². The minimum absolute atomic E-state index is 0.0547. The maximum absolute atomic E-state index is 12.9. The van der Waals surface area contributed by atoms with E-state index in [0.717, 1.165) is 48.1 Å². The van der Waals surface area contributed by atoms with E-state index in [4.69, 9.17) is 0 Å². The summed E-state index contributed by atoms with van der Waals surface area (Å²) in [4.78, 5) is 23.7. The van der Waals surface area contributed by atoms with Crippen molar-refractivity contribution in [3.63, 3.8) is 0 Å². The van der Waals surface area contributed by atoms with Crippen LogP contribution in [0.1, 0.15) is 28.9 Å². The van der Waals surface area contributed by atoms with Gasteiger partial charge in [-0.05, 0) is 67.4 Å². The van der Waals surface area contributed by atoms with E-state index in [1.807, 2.05) is 30.6 Å². The molecule has 0 spiro atoms. The molecule has 0 saturated carbocycles. The third kappa shape index (κ3) is 4.68. The number of sulfone groups is 1. The van der Waals surface area contributed by atoms with Crippen LogP contribution < -0.4 is 5.32 Å². The summed E-state index contributed by atoms with van der Waals surface area (Å²) in [7, 11) is -3.41. The lowest BCUT2D eigenvalue weighted by Crippen LogP contribution is -2.18. The first kappa shape index (κ1) is 22.2. The number of fused-ring (bicyclic) bond motifs is 1. The van der Waals surface area contributed by atoms with Gasteiger partial charge in [-0.1, -0.05) is 6.07 Å². The highest BCUT2D eigenvalue weighted by molar-refractivity contribution is 7.90. The topological polar surface area (TPSA) is 121 Å². The number of hydrogen-bond donors (Lipinski definition) is 2. The molecule has 5 rings (SSSR count). The number of pyridine rings is 2. The Morgan fingerprint density at radius 1 is 1.06 bits per heavy atom. The minimum atomic E-state index is -3.41. The Labute approximate surface area is 197 Å². The molecule has 10 heteroatoms. The van der Waals surface area contributed by atoms with Gasteiger partial charge >= 0.3 is 0 Å². The van der Waals surface area contributed by atoms with Gasteiger partial charge in [0.25, 0.3) is 5.91 Å². The maximum atomic E-state index is 12.9. The van der Waals surface area contributed by atoms with Crippen molar-refractivity contribution in [1.82, 2.24) is 25.1 Å². The molecule has 3 aromatic heterocycles. The molecule has 4 aromatic rings. The zero-order chi connectivity index (χ0) is 23.7. The Kier molecular flexibility index (Phi) is 5.84. The Morgan fingerprint density at radius 3 is 2.62 bits per heavy atom. The highest BCUT2D eigenvalue weighted by atomic mass is 32.2. The molecule has 1 amide bonds. The second-order valence-corrected chi connectivity index (χ2v) is 10.5. The van der Waals surface area contributed by atoms with E-state index in [2.05, 4.69) is 36.4 Å². The largest absolute Gasteiger partial charge is 0.319 e. The highest BCUT2D eigenvalue weighted by Gasteiger charge is 2.17. The molecule has 1 aliphatic heterocycles. The highest BCUT2D eigenvalue weighted by Crippen LogP contribution is 2.27. The van der Waals surface area contributed by atoms with Gasteiger partial charge in [0.2, 0.25) is 0 Å². The molecule has 0 atom stereocenters. The number of amides is 1. The zero-order valence-corrected chi connectivity index (χ0v) is 19.5. The summed E-state index contributed by atoms with van der Waals surface area (Å²) in [5.41, 5.74) is 4.44. The summed E-state index contributed by atoms with van der Waals surface area (Å²) in [6.07, 6.45) is 8.61. The number of likely N-dealkylation sites (tertiary alicyclic amines) is 1. The number of H-pyrrole nitrogens is 1. The van der Waals surface area contributed by atoms with E-state index in [1.54, 1.807) is 0 Å². The van der Waals surface area contributed by atoms with Crippen LogP contribution in [0.2, 0.25) is 0 Å². The number of benzene rings is 1. The van der Waals surface area contributed by atoms with Gasteiger partial charge in [-0.3, -0.25) is 19.8 Å². The Bertz CT molecular complexity index is 1460. The number of carbonyl (C=O) groups excluding carboxylic acids is 1. The predicted octanol–water partition coefficient (Wildman–Crippen LogP) is 3.27. The van der Waals surface area contributed by atoms with Gasteiger partial charge in [0.1, 0.15) is 0 Å². The first-order valence-electron chi connectivity index (χ1n) is 11.0. The minimum Gasteiger partial charge on any atom is -0.319 e. The summed E-state index contributed by atoms with van der Waals surface area (Å²) >= 11 is 0. The maximum Gasteiger partial charge on any atom is 0.276 e. The average Bonchev–Trinajstić information content (AvgIpc) is 3.48. The van der Waals surface area contributed by atoms with Crippen molar-refractivity contribution in [1.29, 1.82) is 0 Å². The first-order valence-corrected chi connectivity index (χ1v) is 12.9. The quantitative estimate of drug-likeness (QED) is 0.438. The number of aromatic nitrogens is 4. The number of nitrogens with zero attached hydrogens (tertiary/aromatic N) is 4. The first-order chi connectivity index (χ1) is 16.4. The lowest BCUT2D eigenvalue weighted by Gasteiger charge is -2.14. The van der Waals surface area contributed by atoms with E-state index < -0.39 is 15.7 Å². The standard InChI is InChI=1S/C24H24N6O3S/c1-34(32,33)22-7-5-19(14-26-22)27-24(31)23-20-11-17(4-6-21(20)28-29-23)18-10-16(12-25-13-18)15-30-8-2-3-9-30/h4-7,10-14H,2-3,8-9,15H2,1H3,(H,27,31)(H,28,29). The molecule has 1 saturated heterocycles. The molecule has 1 fully saturated rings. The number of hydrogen-bond acceptors (Lipinski definition) is 7. The van der Waals surface area contributed by atoms with Crippen molar-refractivity contribution in [3.8, 4) is 11.1 Å². The number of nitrogens with one attached hydrogen (secondary N) is 2. The summed E-state index contributed by atoms with van der Waals surface area (Å²) < 4.78 is 23.2.